The fourth-order valence-corrected chi connectivity index (χ4v) is 4.95. The number of carbonyl (C=O) groups excluding carboxylic acids is 2. The van der Waals surface area contributed by atoms with Crippen molar-refractivity contribution in [2.75, 3.05) is 29.2 Å². The molecule has 4 aromatic rings. The number of nitrogens with zero attached hydrogens (tertiary/aromatic N) is 3. The molecule has 0 saturated carbocycles. The van der Waals surface area contributed by atoms with Crippen LogP contribution < -0.4 is 20.3 Å². The third kappa shape index (κ3) is 6.16. The van der Waals surface area contributed by atoms with Crippen molar-refractivity contribution in [1.29, 1.82) is 0 Å². The monoisotopic (exact) mass is 579 g/mol. The van der Waals surface area contributed by atoms with Gasteiger partial charge in [-0.3, -0.25) is 9.59 Å². The molecule has 0 spiro atoms. The summed E-state index contributed by atoms with van der Waals surface area (Å²) in [4.78, 5) is 36.8. The van der Waals surface area contributed by atoms with Gasteiger partial charge < -0.3 is 24.7 Å². The lowest BCUT2D eigenvalue weighted by Gasteiger charge is -2.18. The number of anilines is 3. The van der Waals surface area contributed by atoms with Gasteiger partial charge in [0.1, 0.15) is 22.7 Å². The van der Waals surface area contributed by atoms with E-state index in [9.17, 15) is 9.59 Å². The highest BCUT2D eigenvalue weighted by molar-refractivity contribution is 7.13. The molecule has 4 rings (SSSR count). The molecular formula is C24H20Cl3N5O4S. The number of hydrogen-bond donors (Lipinski definition) is 2. The van der Waals surface area contributed by atoms with Gasteiger partial charge >= 0.3 is 0 Å². The van der Waals surface area contributed by atoms with Crippen LogP contribution in [-0.4, -0.2) is 35.4 Å². The van der Waals surface area contributed by atoms with Crippen molar-refractivity contribution in [3.8, 4) is 5.75 Å². The van der Waals surface area contributed by atoms with E-state index in [0.29, 0.717) is 24.1 Å². The largest absolute Gasteiger partial charge is 0.494 e. The molecule has 0 radical (unpaired) electrons. The molecule has 0 atom stereocenters. The summed E-state index contributed by atoms with van der Waals surface area (Å²) in [6.07, 6.45) is 4.45. The van der Waals surface area contributed by atoms with Gasteiger partial charge in [0, 0.05) is 35.9 Å². The summed E-state index contributed by atoms with van der Waals surface area (Å²) in [6, 6.07) is 6.49. The summed E-state index contributed by atoms with van der Waals surface area (Å²) in [5.41, 5.74) is 0.930. The molecule has 1 aromatic carbocycles. The third-order valence-electron chi connectivity index (χ3n) is 5.18. The number of amides is 2. The summed E-state index contributed by atoms with van der Waals surface area (Å²) in [5, 5.41) is 8.16. The Morgan fingerprint density at radius 3 is 2.57 bits per heavy atom. The normalized spacial score (nSPS) is 10.7. The number of thiophene rings is 1. The fraction of sp³-hybridized carbons (Fsp3) is 0.167. The first kappa shape index (κ1) is 26.7. The molecule has 0 bridgehead atoms. The second kappa shape index (κ2) is 11.8. The maximum Gasteiger partial charge on any atom is 0.297 e. The first-order valence-corrected chi connectivity index (χ1v) is 12.8. The van der Waals surface area contributed by atoms with E-state index in [1.807, 2.05) is 11.8 Å². The number of pyridine rings is 1. The Hall–Kier alpha value is -3.31. The molecule has 0 aliphatic carbocycles. The summed E-state index contributed by atoms with van der Waals surface area (Å²) in [7, 11) is 1.40. The predicted molar refractivity (Wildman–Crippen MR) is 146 cm³/mol. The predicted octanol–water partition coefficient (Wildman–Crippen LogP) is 6.63. The lowest BCUT2D eigenvalue weighted by atomic mass is 10.1. The molecule has 3 heterocycles. The Labute approximate surface area is 231 Å². The van der Waals surface area contributed by atoms with Crippen LogP contribution in [0.25, 0.3) is 0 Å². The summed E-state index contributed by atoms with van der Waals surface area (Å²) in [5.74, 6) is -0.611. The minimum absolute atomic E-state index is 0.0726. The van der Waals surface area contributed by atoms with E-state index in [2.05, 4.69) is 20.6 Å². The highest BCUT2D eigenvalue weighted by Gasteiger charge is 2.24. The van der Waals surface area contributed by atoms with Gasteiger partial charge in [-0.05, 0) is 30.5 Å². The van der Waals surface area contributed by atoms with Gasteiger partial charge in [0.2, 0.25) is 0 Å². The molecule has 0 saturated heterocycles. The maximum absolute atomic E-state index is 13.3. The Bertz CT molecular complexity index is 1410. The van der Waals surface area contributed by atoms with Crippen molar-refractivity contribution in [1.82, 2.24) is 9.97 Å². The number of ether oxygens (including phenoxy) is 1. The minimum atomic E-state index is -0.562. The minimum Gasteiger partial charge on any atom is -0.494 e. The van der Waals surface area contributed by atoms with E-state index in [0.717, 1.165) is 5.56 Å². The molecule has 13 heteroatoms. The number of hydrogen-bond acceptors (Lipinski definition) is 8. The van der Waals surface area contributed by atoms with Crippen LogP contribution in [0.15, 0.2) is 52.7 Å². The highest BCUT2D eigenvalue weighted by atomic mass is 35.5. The first-order valence-electron chi connectivity index (χ1n) is 10.8. The molecule has 0 fully saturated rings. The Balaban J connectivity index is 1.59. The number of carbonyl (C=O) groups is 2. The topological polar surface area (TPSA) is 110 Å². The average Bonchev–Trinajstić information content (AvgIpc) is 3.54. The van der Waals surface area contributed by atoms with Gasteiger partial charge in [-0.1, -0.05) is 34.8 Å². The molecular weight excluding hydrogens is 561 g/mol. The number of nitrogens with one attached hydrogen (secondary N) is 2. The van der Waals surface area contributed by atoms with Crippen LogP contribution in [0.5, 0.6) is 5.75 Å². The molecule has 192 valence electrons. The van der Waals surface area contributed by atoms with Crippen molar-refractivity contribution < 1.29 is 18.7 Å². The average molecular weight is 581 g/mol. The maximum atomic E-state index is 13.3. The lowest BCUT2D eigenvalue weighted by Crippen LogP contribution is -2.22. The summed E-state index contributed by atoms with van der Waals surface area (Å²) >= 11 is 19.8. The van der Waals surface area contributed by atoms with E-state index >= 15 is 0 Å². The zero-order chi connectivity index (χ0) is 26.5. The molecule has 2 amide bonds. The van der Waals surface area contributed by atoms with Crippen molar-refractivity contribution in [3.05, 3.63) is 79.4 Å². The summed E-state index contributed by atoms with van der Waals surface area (Å²) < 4.78 is 10.8. The molecule has 2 N–H and O–H groups in total. The molecule has 3 aromatic heterocycles. The van der Waals surface area contributed by atoms with Crippen molar-refractivity contribution in [3.63, 3.8) is 0 Å². The Morgan fingerprint density at radius 2 is 1.92 bits per heavy atom. The molecule has 0 unspecified atom stereocenters. The molecule has 9 nitrogen and oxygen atoms in total. The van der Waals surface area contributed by atoms with E-state index in [4.69, 9.17) is 44.0 Å². The Kier molecular flexibility index (Phi) is 8.55. The second-order valence-electron chi connectivity index (χ2n) is 7.53. The van der Waals surface area contributed by atoms with E-state index in [1.54, 1.807) is 23.7 Å². The van der Waals surface area contributed by atoms with Gasteiger partial charge in [-0.15, -0.1) is 11.3 Å². The standard InChI is InChI=1S/C24H20Cl3N5O4S/c1-3-32(24-28-6-7-36-24)11-13-12-37-21(19(13)27)23(34)31-20-16(8-15(26)9-17(20)35-2)22(33)30-18-5-4-14(25)10-29-18/h4-10,12H,3,11H2,1-2H3,(H,31,34)(H,29,30,33). The summed E-state index contributed by atoms with van der Waals surface area (Å²) in [6.45, 7) is 2.97. The van der Waals surface area contributed by atoms with E-state index in [1.165, 1.54) is 43.0 Å². The second-order valence-corrected chi connectivity index (χ2v) is 9.66. The zero-order valence-electron chi connectivity index (χ0n) is 19.5. The van der Waals surface area contributed by atoms with Crippen LogP contribution in [0.2, 0.25) is 15.1 Å². The van der Waals surface area contributed by atoms with Crippen LogP contribution in [-0.2, 0) is 6.54 Å². The van der Waals surface area contributed by atoms with Crippen LogP contribution in [0.4, 0.5) is 17.5 Å². The van der Waals surface area contributed by atoms with Crippen LogP contribution >= 0.6 is 46.1 Å². The molecule has 37 heavy (non-hydrogen) atoms. The third-order valence-corrected chi connectivity index (χ3v) is 7.19. The number of benzene rings is 1. The van der Waals surface area contributed by atoms with Crippen LogP contribution in [0.3, 0.4) is 0 Å². The fourth-order valence-electron chi connectivity index (χ4n) is 3.39. The number of oxazole rings is 1. The smallest absolute Gasteiger partial charge is 0.297 e. The Morgan fingerprint density at radius 1 is 1.11 bits per heavy atom. The SMILES string of the molecule is CCN(Cc1csc(C(=O)Nc2c(OC)cc(Cl)cc2C(=O)Nc2ccc(Cl)cn2)c1Cl)c1ncco1. The first-order chi connectivity index (χ1) is 17.8. The highest BCUT2D eigenvalue weighted by Crippen LogP contribution is 2.36. The van der Waals surface area contributed by atoms with Gasteiger partial charge in [0.25, 0.3) is 17.8 Å². The zero-order valence-corrected chi connectivity index (χ0v) is 22.6. The molecule has 0 aliphatic heterocycles. The van der Waals surface area contributed by atoms with Gasteiger partial charge in [0.15, 0.2) is 0 Å². The van der Waals surface area contributed by atoms with Crippen LogP contribution in [0, 0.1) is 0 Å². The van der Waals surface area contributed by atoms with Crippen molar-refractivity contribution in [2.45, 2.75) is 13.5 Å². The van der Waals surface area contributed by atoms with E-state index < -0.39 is 11.8 Å². The quantitative estimate of drug-likeness (QED) is 0.229. The van der Waals surface area contributed by atoms with Gasteiger partial charge in [0.05, 0.1) is 34.6 Å². The number of rotatable bonds is 9. The van der Waals surface area contributed by atoms with E-state index in [-0.39, 0.29) is 37.7 Å². The van der Waals surface area contributed by atoms with Gasteiger partial charge in [-0.25, -0.2) is 9.97 Å². The van der Waals surface area contributed by atoms with Crippen molar-refractivity contribution >= 4 is 75.5 Å². The lowest BCUT2D eigenvalue weighted by molar-refractivity contribution is 0.102. The van der Waals surface area contributed by atoms with Gasteiger partial charge in [-0.2, -0.15) is 0 Å². The number of methoxy groups -OCH3 is 1. The molecule has 0 aliphatic rings. The van der Waals surface area contributed by atoms with Crippen molar-refractivity contribution in [2.24, 2.45) is 0 Å². The van der Waals surface area contributed by atoms with Crippen LogP contribution in [0.1, 0.15) is 32.5 Å². The number of halogens is 3. The number of aromatic nitrogens is 2.